The second kappa shape index (κ2) is 5.47. The summed E-state index contributed by atoms with van der Waals surface area (Å²) in [5.41, 5.74) is 0.0809. The molecule has 0 aliphatic carbocycles. The zero-order valence-corrected chi connectivity index (χ0v) is 12.2. The third-order valence-corrected chi connectivity index (χ3v) is 3.84. The minimum atomic E-state index is -1.25. The van der Waals surface area contributed by atoms with E-state index in [1.165, 1.54) is 18.2 Å². The lowest BCUT2D eigenvalue weighted by molar-refractivity contribution is -0.143. The zero-order chi connectivity index (χ0) is 16.5. The third kappa shape index (κ3) is 2.28. The Hall–Kier alpha value is -2.90. The fraction of sp³-hybridized carbons (Fsp3) is 0.286. The number of carboxylic acids is 1. The number of carboxylic acid groups (broad SMARTS) is 1. The minimum Gasteiger partial charge on any atom is -0.480 e. The highest BCUT2D eigenvalue weighted by atomic mass is 16.4. The lowest BCUT2D eigenvalue weighted by atomic mass is 9.90. The molecular formula is C14H16N4O4. The second-order valence-electron chi connectivity index (χ2n) is 5.10. The monoisotopic (exact) mass is 304 g/mol. The van der Waals surface area contributed by atoms with Gasteiger partial charge in [0.05, 0.1) is 6.21 Å². The van der Waals surface area contributed by atoms with Gasteiger partial charge in [0.1, 0.15) is 12.1 Å². The highest BCUT2D eigenvalue weighted by Gasteiger charge is 2.53. The fourth-order valence-corrected chi connectivity index (χ4v) is 2.44. The van der Waals surface area contributed by atoms with Gasteiger partial charge in [-0.25, -0.2) is 4.79 Å². The topological polar surface area (TPSA) is 116 Å². The number of imide groups is 1. The summed E-state index contributed by atoms with van der Waals surface area (Å²) in [6, 6.07) is 6.15. The summed E-state index contributed by atoms with van der Waals surface area (Å²) in [5.74, 6) is 3.26. The van der Waals surface area contributed by atoms with Crippen molar-refractivity contribution in [2.45, 2.75) is 12.5 Å². The SMILES string of the molecule is CN1C(=O)N(CC(=O)O)C(=O)C1(C)c1ccc(/C=N/N)cc1. The first-order valence-corrected chi connectivity index (χ1v) is 6.47. The van der Waals surface area contributed by atoms with E-state index in [0.29, 0.717) is 5.56 Å². The van der Waals surface area contributed by atoms with Crippen molar-refractivity contribution in [3.8, 4) is 0 Å². The summed E-state index contributed by atoms with van der Waals surface area (Å²) >= 11 is 0. The number of hydrogen-bond acceptors (Lipinski definition) is 5. The predicted octanol–water partition coefficient (Wildman–Crippen LogP) is 0.173. The molecule has 3 amide bonds. The van der Waals surface area contributed by atoms with Crippen molar-refractivity contribution in [1.82, 2.24) is 9.80 Å². The Morgan fingerprint density at radius 2 is 1.95 bits per heavy atom. The highest BCUT2D eigenvalue weighted by molar-refractivity contribution is 6.08. The van der Waals surface area contributed by atoms with E-state index in [1.807, 2.05) is 0 Å². The number of hydrazone groups is 1. The van der Waals surface area contributed by atoms with Crippen LogP contribution < -0.4 is 5.84 Å². The van der Waals surface area contributed by atoms with Gasteiger partial charge in [0.25, 0.3) is 5.91 Å². The van der Waals surface area contributed by atoms with Crippen LogP contribution in [0, 0.1) is 0 Å². The molecule has 0 radical (unpaired) electrons. The predicted molar refractivity (Wildman–Crippen MR) is 78.1 cm³/mol. The van der Waals surface area contributed by atoms with Crippen LogP contribution in [0.25, 0.3) is 0 Å². The average molecular weight is 304 g/mol. The second-order valence-corrected chi connectivity index (χ2v) is 5.10. The number of benzene rings is 1. The Morgan fingerprint density at radius 1 is 1.36 bits per heavy atom. The Morgan fingerprint density at radius 3 is 2.45 bits per heavy atom. The van der Waals surface area contributed by atoms with Crippen molar-refractivity contribution in [1.29, 1.82) is 0 Å². The van der Waals surface area contributed by atoms with Crippen LogP contribution in [0.1, 0.15) is 18.1 Å². The number of amides is 3. The number of nitrogens with two attached hydrogens (primary N) is 1. The van der Waals surface area contributed by atoms with Crippen LogP contribution in [0.15, 0.2) is 29.4 Å². The number of carbonyl (C=O) groups is 3. The lowest BCUT2D eigenvalue weighted by Gasteiger charge is -2.29. The highest BCUT2D eigenvalue weighted by Crippen LogP contribution is 2.35. The fourth-order valence-electron chi connectivity index (χ4n) is 2.44. The number of likely N-dealkylation sites (N-methyl/N-ethyl adjacent to an activating group) is 1. The lowest BCUT2D eigenvalue weighted by Crippen LogP contribution is -2.42. The molecule has 2 rings (SSSR count). The molecule has 1 aliphatic rings. The van der Waals surface area contributed by atoms with Gasteiger partial charge in [0.2, 0.25) is 0 Å². The first-order chi connectivity index (χ1) is 10.3. The average Bonchev–Trinajstić information content (AvgIpc) is 2.64. The van der Waals surface area contributed by atoms with E-state index in [-0.39, 0.29) is 0 Å². The summed E-state index contributed by atoms with van der Waals surface area (Å²) in [4.78, 5) is 37.5. The molecule has 0 bridgehead atoms. The van der Waals surface area contributed by atoms with E-state index in [2.05, 4.69) is 5.10 Å². The van der Waals surface area contributed by atoms with Crippen molar-refractivity contribution in [3.63, 3.8) is 0 Å². The molecule has 1 fully saturated rings. The Balaban J connectivity index is 2.41. The molecule has 8 nitrogen and oxygen atoms in total. The van der Waals surface area contributed by atoms with Crippen LogP contribution in [0.2, 0.25) is 0 Å². The molecular weight excluding hydrogens is 288 g/mol. The van der Waals surface area contributed by atoms with Gasteiger partial charge in [-0.1, -0.05) is 24.3 Å². The summed E-state index contributed by atoms with van der Waals surface area (Å²) in [6.07, 6.45) is 1.45. The Labute approximate surface area is 126 Å². The van der Waals surface area contributed by atoms with Gasteiger partial charge in [-0.15, -0.1) is 0 Å². The van der Waals surface area contributed by atoms with E-state index >= 15 is 0 Å². The van der Waals surface area contributed by atoms with E-state index in [4.69, 9.17) is 10.9 Å². The van der Waals surface area contributed by atoms with Crippen LogP contribution in [-0.4, -0.2) is 52.6 Å². The number of aliphatic carboxylic acids is 1. The third-order valence-electron chi connectivity index (χ3n) is 3.84. The number of rotatable bonds is 4. The van der Waals surface area contributed by atoms with Gasteiger partial charge in [0, 0.05) is 7.05 Å². The molecule has 1 aliphatic heterocycles. The van der Waals surface area contributed by atoms with Gasteiger partial charge in [-0.3, -0.25) is 14.5 Å². The van der Waals surface area contributed by atoms with Crippen molar-refractivity contribution >= 4 is 24.1 Å². The number of urea groups is 1. The molecule has 1 heterocycles. The summed E-state index contributed by atoms with van der Waals surface area (Å²) < 4.78 is 0. The number of hydrogen-bond donors (Lipinski definition) is 2. The number of nitrogens with zero attached hydrogens (tertiary/aromatic N) is 3. The zero-order valence-electron chi connectivity index (χ0n) is 12.2. The summed E-state index contributed by atoms with van der Waals surface area (Å²) in [6.45, 7) is 0.927. The van der Waals surface area contributed by atoms with Gasteiger partial charge < -0.3 is 15.8 Å². The first kappa shape index (κ1) is 15.5. The van der Waals surface area contributed by atoms with Crippen LogP contribution in [-0.2, 0) is 15.1 Å². The van der Waals surface area contributed by atoms with Crippen molar-refractivity contribution < 1.29 is 19.5 Å². The van der Waals surface area contributed by atoms with Crippen molar-refractivity contribution in [2.24, 2.45) is 10.9 Å². The molecule has 8 heteroatoms. The van der Waals surface area contributed by atoms with Gasteiger partial charge >= 0.3 is 12.0 Å². The molecule has 0 aromatic heterocycles. The minimum absolute atomic E-state index is 0.567. The largest absolute Gasteiger partial charge is 0.480 e. The molecule has 1 atom stereocenters. The molecule has 0 saturated carbocycles. The summed E-state index contributed by atoms with van der Waals surface area (Å²) in [7, 11) is 1.47. The van der Waals surface area contributed by atoms with Gasteiger partial charge in [-0.05, 0) is 18.1 Å². The van der Waals surface area contributed by atoms with E-state index in [9.17, 15) is 14.4 Å². The maximum atomic E-state index is 12.5. The molecule has 116 valence electrons. The smallest absolute Gasteiger partial charge is 0.328 e. The van der Waals surface area contributed by atoms with Crippen molar-refractivity contribution in [3.05, 3.63) is 35.4 Å². The Kier molecular flexibility index (Phi) is 3.85. The molecule has 1 aromatic carbocycles. The summed E-state index contributed by atoms with van der Waals surface area (Å²) in [5, 5.41) is 12.2. The molecule has 0 spiro atoms. The molecule has 1 aromatic rings. The van der Waals surface area contributed by atoms with Gasteiger partial charge in [-0.2, -0.15) is 5.10 Å². The van der Waals surface area contributed by atoms with Crippen LogP contribution in [0.3, 0.4) is 0 Å². The quantitative estimate of drug-likeness (QED) is 0.356. The molecule has 3 N–H and O–H groups in total. The number of carbonyl (C=O) groups excluding carboxylic acids is 2. The molecule has 1 saturated heterocycles. The van der Waals surface area contributed by atoms with E-state index < -0.39 is 30.0 Å². The maximum Gasteiger partial charge on any atom is 0.328 e. The van der Waals surface area contributed by atoms with Crippen LogP contribution in [0.5, 0.6) is 0 Å². The molecule has 1 unspecified atom stereocenters. The first-order valence-electron chi connectivity index (χ1n) is 6.47. The van der Waals surface area contributed by atoms with E-state index in [1.54, 1.807) is 31.2 Å². The van der Waals surface area contributed by atoms with E-state index in [0.717, 1.165) is 10.5 Å². The van der Waals surface area contributed by atoms with Gasteiger partial charge in [0.15, 0.2) is 0 Å². The maximum absolute atomic E-state index is 12.5. The standard InChI is InChI=1S/C14H16N4O4/c1-14(10-5-3-9(4-6-10)7-16-15)12(21)18(8-11(19)20)13(22)17(14)2/h3-7H,8,15H2,1-2H3,(H,19,20)/b16-7+. The Bertz CT molecular complexity index is 655. The molecule has 22 heavy (non-hydrogen) atoms. The van der Waals surface area contributed by atoms with Crippen molar-refractivity contribution in [2.75, 3.05) is 13.6 Å². The normalized spacial score (nSPS) is 21.9. The van der Waals surface area contributed by atoms with Crippen LogP contribution in [0.4, 0.5) is 4.79 Å². The van der Waals surface area contributed by atoms with Crippen LogP contribution >= 0.6 is 0 Å².